The Morgan fingerprint density at radius 1 is 1.43 bits per heavy atom. The summed E-state index contributed by atoms with van der Waals surface area (Å²) in [7, 11) is 3.99. The number of hydrogen-bond donors (Lipinski definition) is 1. The lowest BCUT2D eigenvalue weighted by atomic mass is 10.0. The summed E-state index contributed by atoms with van der Waals surface area (Å²) in [6.07, 6.45) is 0. The van der Waals surface area contributed by atoms with Crippen LogP contribution in [0.3, 0.4) is 0 Å². The maximum atomic E-state index is 11.2. The van der Waals surface area contributed by atoms with Crippen LogP contribution in [0.15, 0.2) is 0 Å². The van der Waals surface area contributed by atoms with Gasteiger partial charge in [0.25, 0.3) is 0 Å². The normalized spacial score (nSPS) is 11.9. The minimum Gasteiger partial charge on any atom is -0.372 e. The van der Waals surface area contributed by atoms with E-state index in [2.05, 4.69) is 24.1 Å². The minimum atomic E-state index is -0.0539. The van der Waals surface area contributed by atoms with E-state index in [1.807, 2.05) is 21.0 Å². The third-order valence-corrected chi connectivity index (χ3v) is 2.37. The summed E-state index contributed by atoms with van der Waals surface area (Å²) in [5.74, 6) is -0.0539. The van der Waals surface area contributed by atoms with Crippen LogP contribution in [0.25, 0.3) is 0 Å². The summed E-state index contributed by atoms with van der Waals surface area (Å²) >= 11 is 0. The number of rotatable bonds is 6. The van der Waals surface area contributed by atoms with Gasteiger partial charge in [0.1, 0.15) is 6.61 Å². The lowest BCUT2D eigenvalue weighted by Gasteiger charge is -2.32. The largest absolute Gasteiger partial charge is 0.372 e. The molecule has 0 spiro atoms. The number of likely N-dealkylation sites (N-methyl/N-ethyl adjacent to an activating group) is 1. The summed E-state index contributed by atoms with van der Waals surface area (Å²) < 4.78 is 5.00. The van der Waals surface area contributed by atoms with Crippen LogP contribution in [0, 0.1) is 0 Å². The van der Waals surface area contributed by atoms with E-state index < -0.39 is 0 Å². The molecule has 0 saturated carbocycles. The molecule has 0 rings (SSSR count). The highest BCUT2D eigenvalue weighted by Crippen LogP contribution is 2.07. The molecule has 0 heterocycles. The highest BCUT2D eigenvalue weighted by molar-refractivity contribution is 5.77. The van der Waals surface area contributed by atoms with Gasteiger partial charge in [-0.25, -0.2) is 0 Å². The zero-order valence-corrected chi connectivity index (χ0v) is 9.89. The molecule has 0 radical (unpaired) electrons. The van der Waals surface area contributed by atoms with Gasteiger partial charge in [0.2, 0.25) is 5.91 Å². The molecule has 0 fully saturated rings. The van der Waals surface area contributed by atoms with Crippen LogP contribution >= 0.6 is 0 Å². The van der Waals surface area contributed by atoms with Gasteiger partial charge in [-0.1, -0.05) is 0 Å². The standard InChI is InChI=1S/C10H22N2O2/c1-6-14-7-9(13)11-8-10(2,3)12(4)5/h6-8H2,1-5H3,(H,11,13). The van der Waals surface area contributed by atoms with Crippen molar-refractivity contribution in [3.63, 3.8) is 0 Å². The lowest BCUT2D eigenvalue weighted by molar-refractivity contribution is -0.126. The van der Waals surface area contributed by atoms with Gasteiger partial charge in [-0.15, -0.1) is 0 Å². The summed E-state index contributed by atoms with van der Waals surface area (Å²) in [5.41, 5.74) is -0.0259. The first-order chi connectivity index (χ1) is 6.40. The lowest BCUT2D eigenvalue weighted by Crippen LogP contribution is -2.48. The highest BCUT2D eigenvalue weighted by Gasteiger charge is 2.20. The Hall–Kier alpha value is -0.610. The Bertz CT molecular complexity index is 179. The van der Waals surface area contributed by atoms with E-state index in [-0.39, 0.29) is 18.1 Å². The van der Waals surface area contributed by atoms with Crippen LogP contribution in [0.1, 0.15) is 20.8 Å². The molecule has 0 bridgehead atoms. The van der Waals surface area contributed by atoms with Gasteiger partial charge < -0.3 is 15.0 Å². The molecular formula is C10H22N2O2. The molecule has 0 aliphatic rings. The molecular weight excluding hydrogens is 180 g/mol. The molecule has 0 aliphatic heterocycles. The number of nitrogens with one attached hydrogen (secondary N) is 1. The van der Waals surface area contributed by atoms with Gasteiger partial charge in [-0.05, 0) is 34.9 Å². The average Bonchev–Trinajstić information content (AvgIpc) is 2.11. The second-order valence-electron chi connectivity index (χ2n) is 4.12. The van der Waals surface area contributed by atoms with Crippen LogP contribution in [0.4, 0.5) is 0 Å². The SMILES string of the molecule is CCOCC(=O)NCC(C)(C)N(C)C. The van der Waals surface area contributed by atoms with E-state index in [1.54, 1.807) is 0 Å². The molecule has 4 heteroatoms. The Kier molecular flexibility index (Phi) is 5.72. The van der Waals surface area contributed by atoms with Crippen molar-refractivity contribution in [3.8, 4) is 0 Å². The average molecular weight is 202 g/mol. The number of hydrogen-bond acceptors (Lipinski definition) is 3. The molecule has 0 aromatic rings. The molecule has 0 aliphatic carbocycles. The van der Waals surface area contributed by atoms with Crippen molar-refractivity contribution >= 4 is 5.91 Å². The Balaban J connectivity index is 3.76. The molecule has 14 heavy (non-hydrogen) atoms. The molecule has 0 aromatic heterocycles. The van der Waals surface area contributed by atoms with Crippen LogP contribution in [0.5, 0.6) is 0 Å². The van der Waals surface area contributed by atoms with Gasteiger partial charge in [0, 0.05) is 18.7 Å². The topological polar surface area (TPSA) is 41.6 Å². The summed E-state index contributed by atoms with van der Waals surface area (Å²) in [6.45, 7) is 7.38. The van der Waals surface area contributed by atoms with Crippen molar-refractivity contribution in [3.05, 3.63) is 0 Å². The Morgan fingerprint density at radius 2 is 2.00 bits per heavy atom. The molecule has 0 saturated heterocycles. The summed E-state index contributed by atoms with van der Waals surface area (Å²) in [4.78, 5) is 13.3. The van der Waals surface area contributed by atoms with Crippen molar-refractivity contribution in [1.29, 1.82) is 0 Å². The fourth-order valence-corrected chi connectivity index (χ4v) is 0.719. The molecule has 4 nitrogen and oxygen atoms in total. The van der Waals surface area contributed by atoms with Gasteiger partial charge in [-0.2, -0.15) is 0 Å². The Labute approximate surface area is 86.6 Å². The van der Waals surface area contributed by atoms with Crippen molar-refractivity contribution in [1.82, 2.24) is 10.2 Å². The van der Waals surface area contributed by atoms with Crippen molar-refractivity contribution in [2.75, 3.05) is 33.9 Å². The predicted octanol–water partition coefficient (Wildman–Crippen LogP) is 0.479. The first kappa shape index (κ1) is 13.4. The predicted molar refractivity (Wildman–Crippen MR) is 57.3 cm³/mol. The number of nitrogens with zero attached hydrogens (tertiary/aromatic N) is 1. The van der Waals surface area contributed by atoms with E-state index in [0.717, 1.165) is 0 Å². The maximum Gasteiger partial charge on any atom is 0.246 e. The zero-order valence-electron chi connectivity index (χ0n) is 9.89. The summed E-state index contributed by atoms with van der Waals surface area (Å²) in [6, 6.07) is 0. The molecule has 1 amide bonds. The van der Waals surface area contributed by atoms with E-state index in [4.69, 9.17) is 4.74 Å². The quantitative estimate of drug-likeness (QED) is 0.681. The van der Waals surface area contributed by atoms with Gasteiger partial charge in [-0.3, -0.25) is 4.79 Å². The van der Waals surface area contributed by atoms with E-state index >= 15 is 0 Å². The molecule has 1 N–H and O–H groups in total. The van der Waals surface area contributed by atoms with Gasteiger partial charge in [0.05, 0.1) is 0 Å². The van der Waals surface area contributed by atoms with Crippen LogP contribution < -0.4 is 5.32 Å². The second kappa shape index (κ2) is 5.98. The summed E-state index contributed by atoms with van der Waals surface area (Å²) in [5, 5.41) is 2.83. The van der Waals surface area contributed by atoms with E-state index in [9.17, 15) is 4.79 Å². The van der Waals surface area contributed by atoms with Crippen molar-refractivity contribution < 1.29 is 9.53 Å². The third-order valence-electron chi connectivity index (χ3n) is 2.37. The molecule has 0 aromatic carbocycles. The van der Waals surface area contributed by atoms with Gasteiger partial charge in [0.15, 0.2) is 0 Å². The molecule has 84 valence electrons. The maximum absolute atomic E-state index is 11.2. The fraction of sp³-hybridized carbons (Fsp3) is 0.900. The van der Waals surface area contributed by atoms with Crippen molar-refractivity contribution in [2.24, 2.45) is 0 Å². The van der Waals surface area contributed by atoms with E-state index in [0.29, 0.717) is 13.2 Å². The second-order valence-corrected chi connectivity index (χ2v) is 4.12. The number of amides is 1. The minimum absolute atomic E-state index is 0.0259. The van der Waals surface area contributed by atoms with Crippen LogP contribution in [-0.4, -0.2) is 50.2 Å². The van der Waals surface area contributed by atoms with Gasteiger partial charge >= 0.3 is 0 Å². The first-order valence-corrected chi connectivity index (χ1v) is 4.92. The molecule has 0 unspecified atom stereocenters. The molecule has 0 atom stereocenters. The number of ether oxygens (including phenoxy) is 1. The monoisotopic (exact) mass is 202 g/mol. The highest BCUT2D eigenvalue weighted by atomic mass is 16.5. The van der Waals surface area contributed by atoms with Crippen molar-refractivity contribution in [2.45, 2.75) is 26.3 Å². The fourth-order valence-electron chi connectivity index (χ4n) is 0.719. The zero-order chi connectivity index (χ0) is 11.2. The van der Waals surface area contributed by atoms with Crippen LogP contribution in [-0.2, 0) is 9.53 Å². The van der Waals surface area contributed by atoms with E-state index in [1.165, 1.54) is 0 Å². The number of carbonyl (C=O) groups is 1. The first-order valence-electron chi connectivity index (χ1n) is 4.92. The Morgan fingerprint density at radius 3 is 2.43 bits per heavy atom. The third kappa shape index (κ3) is 5.19. The number of carbonyl (C=O) groups excluding carboxylic acids is 1. The smallest absolute Gasteiger partial charge is 0.246 e. The van der Waals surface area contributed by atoms with Crippen LogP contribution in [0.2, 0.25) is 0 Å².